The average molecular weight is 185 g/mol. The molecule has 76 valence electrons. The van der Waals surface area contributed by atoms with E-state index in [2.05, 4.69) is 5.32 Å². The Hall–Kier alpha value is -0.570. The van der Waals surface area contributed by atoms with Gasteiger partial charge < -0.3 is 10.4 Å². The van der Waals surface area contributed by atoms with E-state index >= 15 is 0 Å². The van der Waals surface area contributed by atoms with Gasteiger partial charge in [0.15, 0.2) is 0 Å². The highest BCUT2D eigenvalue weighted by Gasteiger charge is 2.36. The van der Waals surface area contributed by atoms with Crippen molar-refractivity contribution in [1.82, 2.24) is 5.32 Å². The number of nitrogens with one attached hydrogen (secondary N) is 1. The molecule has 0 aromatic carbocycles. The van der Waals surface area contributed by atoms with Gasteiger partial charge in [0.25, 0.3) is 0 Å². The first kappa shape index (κ1) is 10.5. The summed E-state index contributed by atoms with van der Waals surface area (Å²) in [5, 5.41) is 11.6. The molecule has 3 heteroatoms. The van der Waals surface area contributed by atoms with Crippen LogP contribution in [0.5, 0.6) is 0 Å². The second-order valence-electron chi connectivity index (χ2n) is 4.32. The van der Waals surface area contributed by atoms with Crippen LogP contribution in [-0.4, -0.2) is 23.7 Å². The maximum Gasteiger partial charge on any atom is 0.226 e. The van der Waals surface area contributed by atoms with Crippen molar-refractivity contribution < 1.29 is 9.90 Å². The van der Waals surface area contributed by atoms with Crippen molar-refractivity contribution in [2.45, 2.75) is 45.6 Å². The zero-order valence-electron chi connectivity index (χ0n) is 8.47. The zero-order chi connectivity index (χ0) is 9.90. The summed E-state index contributed by atoms with van der Waals surface area (Å²) in [7, 11) is 0. The van der Waals surface area contributed by atoms with Crippen LogP contribution in [0.1, 0.15) is 39.5 Å². The molecule has 13 heavy (non-hydrogen) atoms. The summed E-state index contributed by atoms with van der Waals surface area (Å²) in [4.78, 5) is 11.7. The molecule has 0 saturated heterocycles. The molecule has 0 aliphatic heterocycles. The highest BCUT2D eigenvalue weighted by molar-refractivity contribution is 5.82. The summed E-state index contributed by atoms with van der Waals surface area (Å²) < 4.78 is 0. The van der Waals surface area contributed by atoms with Crippen molar-refractivity contribution in [1.29, 1.82) is 0 Å². The second-order valence-corrected chi connectivity index (χ2v) is 4.32. The lowest BCUT2D eigenvalue weighted by Gasteiger charge is -2.24. The van der Waals surface area contributed by atoms with Crippen LogP contribution < -0.4 is 5.32 Å². The van der Waals surface area contributed by atoms with E-state index < -0.39 is 0 Å². The topological polar surface area (TPSA) is 49.3 Å². The van der Waals surface area contributed by atoms with Gasteiger partial charge in [-0.05, 0) is 19.8 Å². The van der Waals surface area contributed by atoms with E-state index in [0.29, 0.717) is 0 Å². The molecule has 0 bridgehead atoms. The normalized spacial score (nSPS) is 22.7. The van der Waals surface area contributed by atoms with Crippen LogP contribution in [0, 0.1) is 5.41 Å². The summed E-state index contributed by atoms with van der Waals surface area (Å²) in [6, 6.07) is -0.120. The Morgan fingerprint density at radius 1 is 1.54 bits per heavy atom. The van der Waals surface area contributed by atoms with E-state index in [-0.39, 0.29) is 24.0 Å². The second kappa shape index (κ2) is 4.09. The van der Waals surface area contributed by atoms with Gasteiger partial charge in [-0.15, -0.1) is 0 Å². The Balaban J connectivity index is 2.46. The number of amides is 1. The summed E-state index contributed by atoms with van der Waals surface area (Å²) in [6.07, 6.45) is 4.27. The lowest BCUT2D eigenvalue weighted by Crippen LogP contribution is -2.43. The summed E-state index contributed by atoms with van der Waals surface area (Å²) in [5.74, 6) is 0.103. The molecular formula is C10H19NO2. The molecular weight excluding hydrogens is 166 g/mol. The lowest BCUT2D eigenvalue weighted by molar-refractivity contribution is -0.130. The van der Waals surface area contributed by atoms with Crippen molar-refractivity contribution in [2.24, 2.45) is 5.41 Å². The van der Waals surface area contributed by atoms with Gasteiger partial charge in [-0.1, -0.05) is 19.8 Å². The Kier molecular flexibility index (Phi) is 3.31. The number of hydrogen-bond donors (Lipinski definition) is 2. The predicted octanol–water partition coefficient (Wildman–Crippen LogP) is 1.06. The molecule has 1 atom stereocenters. The number of hydrogen-bond acceptors (Lipinski definition) is 2. The third-order valence-corrected chi connectivity index (χ3v) is 2.91. The van der Waals surface area contributed by atoms with Gasteiger partial charge in [0, 0.05) is 11.5 Å². The molecule has 1 rings (SSSR count). The SMILES string of the molecule is C[C@@H](CO)NC(=O)C1(C)CCCC1. The Morgan fingerprint density at radius 2 is 2.08 bits per heavy atom. The van der Waals surface area contributed by atoms with Crippen molar-refractivity contribution >= 4 is 5.91 Å². The van der Waals surface area contributed by atoms with Gasteiger partial charge in [0.1, 0.15) is 0 Å². The molecule has 0 radical (unpaired) electrons. The van der Waals surface area contributed by atoms with Crippen LogP contribution >= 0.6 is 0 Å². The molecule has 0 unspecified atom stereocenters. The average Bonchev–Trinajstić information content (AvgIpc) is 2.53. The van der Waals surface area contributed by atoms with E-state index in [1.54, 1.807) is 0 Å². The van der Waals surface area contributed by atoms with E-state index in [4.69, 9.17) is 5.11 Å². The van der Waals surface area contributed by atoms with Gasteiger partial charge in [-0.25, -0.2) is 0 Å². The summed E-state index contributed by atoms with van der Waals surface area (Å²) >= 11 is 0. The molecule has 0 aromatic heterocycles. The zero-order valence-corrected chi connectivity index (χ0v) is 8.47. The summed E-state index contributed by atoms with van der Waals surface area (Å²) in [6.45, 7) is 3.84. The minimum Gasteiger partial charge on any atom is -0.394 e. The molecule has 1 saturated carbocycles. The quantitative estimate of drug-likeness (QED) is 0.691. The van der Waals surface area contributed by atoms with E-state index in [0.717, 1.165) is 25.7 Å². The first-order valence-corrected chi connectivity index (χ1v) is 5.00. The van der Waals surface area contributed by atoms with Crippen molar-refractivity contribution in [3.8, 4) is 0 Å². The molecule has 2 N–H and O–H groups in total. The Labute approximate surface area is 79.5 Å². The van der Waals surface area contributed by atoms with E-state index in [9.17, 15) is 4.79 Å². The molecule has 3 nitrogen and oxygen atoms in total. The van der Waals surface area contributed by atoms with Crippen LogP contribution in [0.25, 0.3) is 0 Å². The van der Waals surface area contributed by atoms with Crippen molar-refractivity contribution in [2.75, 3.05) is 6.61 Å². The minimum atomic E-state index is -0.177. The molecule has 1 amide bonds. The fraction of sp³-hybridized carbons (Fsp3) is 0.900. The first-order chi connectivity index (χ1) is 6.08. The number of rotatable bonds is 3. The smallest absolute Gasteiger partial charge is 0.226 e. The maximum atomic E-state index is 11.7. The van der Waals surface area contributed by atoms with Gasteiger partial charge in [0.2, 0.25) is 5.91 Å². The van der Waals surface area contributed by atoms with Gasteiger partial charge >= 0.3 is 0 Å². The first-order valence-electron chi connectivity index (χ1n) is 5.00. The van der Waals surface area contributed by atoms with Gasteiger partial charge in [-0.2, -0.15) is 0 Å². The van der Waals surface area contributed by atoms with Crippen LogP contribution in [0.4, 0.5) is 0 Å². The lowest BCUT2D eigenvalue weighted by atomic mass is 9.87. The number of carbonyl (C=O) groups excluding carboxylic acids is 1. The van der Waals surface area contributed by atoms with Crippen LogP contribution in [0.15, 0.2) is 0 Å². The minimum absolute atomic E-state index is 0.0157. The number of aliphatic hydroxyl groups is 1. The number of carbonyl (C=O) groups is 1. The predicted molar refractivity (Wildman–Crippen MR) is 51.3 cm³/mol. The molecule has 0 heterocycles. The fourth-order valence-electron chi connectivity index (χ4n) is 1.83. The van der Waals surface area contributed by atoms with Gasteiger partial charge in [-0.3, -0.25) is 4.79 Å². The van der Waals surface area contributed by atoms with E-state index in [1.807, 2.05) is 13.8 Å². The van der Waals surface area contributed by atoms with Crippen LogP contribution in [0.2, 0.25) is 0 Å². The molecule has 0 aromatic rings. The molecule has 1 fully saturated rings. The monoisotopic (exact) mass is 185 g/mol. The third kappa shape index (κ3) is 2.44. The van der Waals surface area contributed by atoms with Crippen LogP contribution in [-0.2, 0) is 4.79 Å². The summed E-state index contributed by atoms with van der Waals surface area (Å²) in [5.41, 5.74) is -0.177. The van der Waals surface area contributed by atoms with Gasteiger partial charge in [0.05, 0.1) is 6.61 Å². The maximum absolute atomic E-state index is 11.7. The number of aliphatic hydroxyl groups excluding tert-OH is 1. The highest BCUT2D eigenvalue weighted by atomic mass is 16.3. The Bertz CT molecular complexity index is 185. The molecule has 0 spiro atoms. The Morgan fingerprint density at radius 3 is 2.54 bits per heavy atom. The fourth-order valence-corrected chi connectivity index (χ4v) is 1.83. The highest BCUT2D eigenvalue weighted by Crippen LogP contribution is 2.37. The third-order valence-electron chi connectivity index (χ3n) is 2.91. The van der Waals surface area contributed by atoms with Crippen molar-refractivity contribution in [3.63, 3.8) is 0 Å². The van der Waals surface area contributed by atoms with Crippen molar-refractivity contribution in [3.05, 3.63) is 0 Å². The molecule has 1 aliphatic carbocycles. The standard InChI is InChI=1S/C10H19NO2/c1-8(7-12)11-9(13)10(2)5-3-4-6-10/h8,12H,3-7H2,1-2H3,(H,11,13)/t8-/m0/s1. The molecule has 1 aliphatic rings. The largest absolute Gasteiger partial charge is 0.394 e. The van der Waals surface area contributed by atoms with Crippen LogP contribution in [0.3, 0.4) is 0 Å². The van der Waals surface area contributed by atoms with E-state index in [1.165, 1.54) is 0 Å².